The van der Waals surface area contributed by atoms with E-state index < -0.39 is 54.2 Å². The number of alkyl halides is 2. The first kappa shape index (κ1) is 29.1. The van der Waals surface area contributed by atoms with Crippen LogP contribution in [0.1, 0.15) is 24.1 Å². The fraction of sp³-hybridized carbons (Fsp3) is 0.348. The van der Waals surface area contributed by atoms with Crippen LogP contribution in [0.2, 0.25) is 0 Å². The molecule has 0 aliphatic carbocycles. The molecule has 206 valence electrons. The van der Waals surface area contributed by atoms with Crippen molar-refractivity contribution in [2.45, 2.75) is 24.5 Å². The lowest BCUT2D eigenvalue weighted by molar-refractivity contribution is 0.145. The molecule has 0 spiro atoms. The summed E-state index contributed by atoms with van der Waals surface area (Å²) in [5.41, 5.74) is -0.488. The third-order valence-corrected chi connectivity index (χ3v) is 8.46. The van der Waals surface area contributed by atoms with Gasteiger partial charge in [-0.3, -0.25) is 4.79 Å². The molecule has 2 aromatic heterocycles. The second-order valence-electron chi connectivity index (χ2n) is 8.03. The van der Waals surface area contributed by atoms with E-state index in [4.69, 9.17) is 9.47 Å². The summed E-state index contributed by atoms with van der Waals surface area (Å²) < 4.78 is 89.8. The molecule has 0 saturated heterocycles. The van der Waals surface area contributed by atoms with Crippen LogP contribution in [0, 0.1) is 0 Å². The molecule has 2 heterocycles. The predicted octanol–water partition coefficient (Wildman–Crippen LogP) is 2.02. The highest BCUT2D eigenvalue weighted by atomic mass is 32.2. The zero-order valence-electron chi connectivity index (χ0n) is 20.7. The van der Waals surface area contributed by atoms with Gasteiger partial charge in [-0.25, -0.2) is 40.3 Å². The number of pyridine rings is 1. The van der Waals surface area contributed by atoms with Gasteiger partial charge in [0.05, 0.1) is 38.0 Å². The summed E-state index contributed by atoms with van der Waals surface area (Å²) in [4.78, 5) is 20.0. The second kappa shape index (κ2) is 12.0. The van der Waals surface area contributed by atoms with E-state index in [1.807, 2.05) is 0 Å². The smallest absolute Gasteiger partial charge is 0.280 e. The summed E-state index contributed by atoms with van der Waals surface area (Å²) in [5, 5.41) is -0.857. The summed E-state index contributed by atoms with van der Waals surface area (Å²) in [7, 11) is -3.82. The number of halogens is 2. The van der Waals surface area contributed by atoms with Gasteiger partial charge in [0.25, 0.3) is 12.0 Å². The minimum absolute atomic E-state index is 0.0882. The highest BCUT2D eigenvalue weighted by Gasteiger charge is 2.24. The highest BCUT2D eigenvalue weighted by Crippen LogP contribution is 2.28. The van der Waals surface area contributed by atoms with E-state index in [9.17, 15) is 30.4 Å². The second-order valence-corrected chi connectivity index (χ2v) is 12.1. The first-order chi connectivity index (χ1) is 17.9. The van der Waals surface area contributed by atoms with Gasteiger partial charge in [-0.05, 0) is 43.3 Å². The minimum Gasteiger partial charge on any atom is -0.493 e. The van der Waals surface area contributed by atoms with Crippen molar-refractivity contribution >= 4 is 19.9 Å². The number of rotatable bonds is 12. The van der Waals surface area contributed by atoms with Crippen molar-refractivity contribution in [2.75, 3.05) is 32.8 Å². The molecule has 11 nitrogen and oxygen atoms in total. The number of hydrogen-bond acceptors (Lipinski definition) is 9. The number of aromatic nitrogens is 3. The molecule has 1 aromatic carbocycles. The fourth-order valence-corrected chi connectivity index (χ4v) is 5.56. The first-order valence-electron chi connectivity index (χ1n) is 11.1. The molecule has 0 amide bonds. The Kier molecular flexibility index (Phi) is 9.17. The topological polar surface area (TPSA) is 147 Å². The van der Waals surface area contributed by atoms with Gasteiger partial charge < -0.3 is 14.0 Å². The van der Waals surface area contributed by atoms with Crippen molar-refractivity contribution in [3.63, 3.8) is 0 Å². The Morgan fingerprint density at radius 1 is 0.974 bits per heavy atom. The lowest BCUT2D eigenvalue weighted by atomic mass is 10.1. The van der Waals surface area contributed by atoms with Crippen LogP contribution in [0.15, 0.2) is 52.5 Å². The van der Waals surface area contributed by atoms with E-state index in [0.29, 0.717) is 17.1 Å². The summed E-state index contributed by atoms with van der Waals surface area (Å²) in [6.45, 7) is 0.0882. The highest BCUT2D eigenvalue weighted by molar-refractivity contribution is 7.91. The van der Waals surface area contributed by atoms with Gasteiger partial charge in [-0.2, -0.15) is 0 Å². The lowest BCUT2D eigenvalue weighted by Crippen LogP contribution is -2.24. The summed E-state index contributed by atoms with van der Waals surface area (Å²) in [5.74, 6) is -0.205. The van der Waals surface area contributed by atoms with Gasteiger partial charge in [0.1, 0.15) is 5.69 Å². The molecule has 0 radical (unpaired) electrons. The quantitative estimate of drug-likeness (QED) is 0.322. The van der Waals surface area contributed by atoms with Gasteiger partial charge in [-0.15, -0.1) is 0 Å². The molecule has 38 heavy (non-hydrogen) atoms. The SMILES string of the molecule is CNS(=O)(=O)CCCS(=O)(=O)c1nc(-c2ccc(=O)n(Cc3ccc(OC)c(OC)c3)c2)cc(C(F)F)n1. The molecule has 0 unspecified atom stereocenters. The number of nitrogens with one attached hydrogen (secondary N) is 1. The molecule has 1 N–H and O–H groups in total. The molecule has 3 aromatic rings. The molecule has 0 bridgehead atoms. The van der Waals surface area contributed by atoms with Crippen molar-refractivity contribution in [2.24, 2.45) is 0 Å². The van der Waals surface area contributed by atoms with E-state index in [-0.39, 0.29) is 24.2 Å². The molecular weight excluding hydrogens is 546 g/mol. The summed E-state index contributed by atoms with van der Waals surface area (Å²) >= 11 is 0. The molecule has 0 aliphatic rings. The zero-order valence-corrected chi connectivity index (χ0v) is 22.4. The first-order valence-corrected chi connectivity index (χ1v) is 14.4. The molecule has 0 fully saturated rings. The van der Waals surface area contributed by atoms with Crippen LogP contribution in [-0.2, 0) is 26.4 Å². The van der Waals surface area contributed by atoms with Crippen LogP contribution >= 0.6 is 0 Å². The largest absolute Gasteiger partial charge is 0.493 e. The van der Waals surface area contributed by atoms with Gasteiger partial charge in [0, 0.05) is 17.8 Å². The average molecular weight is 573 g/mol. The lowest BCUT2D eigenvalue weighted by Gasteiger charge is -2.13. The number of benzene rings is 1. The Morgan fingerprint density at radius 2 is 1.68 bits per heavy atom. The normalized spacial score (nSPS) is 12.1. The van der Waals surface area contributed by atoms with E-state index in [1.165, 1.54) is 44.2 Å². The minimum atomic E-state index is -4.30. The fourth-order valence-electron chi connectivity index (χ4n) is 3.46. The molecular formula is C23H26F2N4O7S2. The molecule has 0 atom stereocenters. The Morgan fingerprint density at radius 3 is 2.32 bits per heavy atom. The van der Waals surface area contributed by atoms with Gasteiger partial charge in [0.2, 0.25) is 25.0 Å². The number of sulfone groups is 1. The maximum absolute atomic E-state index is 13.6. The third-order valence-electron chi connectivity index (χ3n) is 5.44. The van der Waals surface area contributed by atoms with Crippen molar-refractivity contribution in [1.29, 1.82) is 0 Å². The van der Waals surface area contributed by atoms with E-state index in [2.05, 4.69) is 14.7 Å². The molecule has 3 rings (SSSR count). The average Bonchev–Trinajstić information content (AvgIpc) is 2.89. The van der Waals surface area contributed by atoms with Crippen LogP contribution in [0.5, 0.6) is 11.5 Å². The standard InChI is InChI=1S/C23H26F2N4O7S2/c1-26-38(33,34)10-4-9-37(31,32)23-27-17(12-18(28-23)22(24)25)16-6-8-21(30)29(14-16)13-15-5-7-19(35-2)20(11-15)36-3/h5-8,11-12,14,22,26H,4,9-10,13H2,1-3H3. The van der Waals surface area contributed by atoms with Crippen LogP contribution in [-0.4, -0.2) is 64.1 Å². The van der Waals surface area contributed by atoms with Crippen molar-refractivity contribution in [1.82, 2.24) is 19.3 Å². The monoisotopic (exact) mass is 572 g/mol. The Bertz CT molecular complexity index is 1580. The van der Waals surface area contributed by atoms with E-state index >= 15 is 0 Å². The number of nitrogens with zero attached hydrogens (tertiary/aromatic N) is 3. The van der Waals surface area contributed by atoms with E-state index in [1.54, 1.807) is 18.2 Å². The number of hydrogen-bond donors (Lipinski definition) is 1. The number of methoxy groups -OCH3 is 2. The van der Waals surface area contributed by atoms with Crippen molar-refractivity contribution in [3.8, 4) is 22.8 Å². The predicted molar refractivity (Wildman–Crippen MR) is 135 cm³/mol. The Balaban J connectivity index is 1.98. The van der Waals surface area contributed by atoms with Crippen LogP contribution < -0.4 is 19.8 Å². The third kappa shape index (κ3) is 7.11. The van der Waals surface area contributed by atoms with Gasteiger partial charge in [-0.1, -0.05) is 6.07 Å². The Hall–Kier alpha value is -3.43. The van der Waals surface area contributed by atoms with Crippen LogP contribution in [0.25, 0.3) is 11.3 Å². The van der Waals surface area contributed by atoms with Crippen LogP contribution in [0.3, 0.4) is 0 Å². The maximum atomic E-state index is 13.6. The molecule has 0 aliphatic heterocycles. The maximum Gasteiger partial charge on any atom is 0.280 e. The van der Waals surface area contributed by atoms with Gasteiger partial charge >= 0.3 is 0 Å². The molecule has 15 heteroatoms. The van der Waals surface area contributed by atoms with Crippen molar-refractivity contribution < 1.29 is 35.1 Å². The molecule has 0 saturated carbocycles. The van der Waals surface area contributed by atoms with Gasteiger partial charge in [0.15, 0.2) is 11.5 Å². The summed E-state index contributed by atoms with van der Waals surface area (Å²) in [6, 6.07) is 8.55. The Labute approximate surface area is 218 Å². The zero-order chi connectivity index (χ0) is 28.1. The number of sulfonamides is 1. The summed E-state index contributed by atoms with van der Waals surface area (Å²) in [6.07, 6.45) is -2.03. The van der Waals surface area contributed by atoms with Crippen LogP contribution in [0.4, 0.5) is 8.78 Å². The van der Waals surface area contributed by atoms with E-state index in [0.717, 1.165) is 6.07 Å². The number of ether oxygens (including phenoxy) is 2. The van der Waals surface area contributed by atoms with Crippen molar-refractivity contribution in [3.05, 3.63) is 64.2 Å².